The van der Waals surface area contributed by atoms with Crippen molar-refractivity contribution < 1.29 is 24.1 Å². The summed E-state index contributed by atoms with van der Waals surface area (Å²) in [5, 5.41) is 12.1. The maximum Gasteiger partial charge on any atom is 0.307 e. The standard InChI is InChI=1S/C29H30N6O5/c1-2-38-23-7-4-14-31-29(23)40-22-6-5-15-35(19-22)26-18-30-17-25(33-26)32-24-8-3-9-27(34-24)39-21-12-10-20(11-13-21)16-28(36)37/h3-4,7-14,17-18,22H,2,5-6,15-16,19H2,1H3,(H,36,37)(H,32,33,34). The van der Waals surface area contributed by atoms with Crippen LogP contribution < -0.4 is 24.4 Å². The molecule has 1 saturated heterocycles. The summed E-state index contributed by atoms with van der Waals surface area (Å²) in [6.07, 6.45) is 6.83. The maximum absolute atomic E-state index is 10.9. The number of nitrogens with one attached hydrogen (secondary N) is 1. The van der Waals surface area contributed by atoms with Crippen LogP contribution in [0.15, 0.2) is 73.2 Å². The average Bonchev–Trinajstić information content (AvgIpc) is 2.96. The number of carboxylic acid groups (broad SMARTS) is 1. The number of pyridine rings is 2. The van der Waals surface area contributed by atoms with Crippen molar-refractivity contribution in [1.29, 1.82) is 0 Å². The second kappa shape index (κ2) is 12.7. The number of rotatable bonds is 11. The molecule has 0 radical (unpaired) electrons. The Labute approximate surface area is 231 Å². The Kier molecular flexibility index (Phi) is 8.50. The Balaban J connectivity index is 1.22. The summed E-state index contributed by atoms with van der Waals surface area (Å²) in [6.45, 7) is 3.96. The Morgan fingerprint density at radius 2 is 1.95 bits per heavy atom. The quantitative estimate of drug-likeness (QED) is 0.269. The number of hydrogen-bond acceptors (Lipinski definition) is 10. The van der Waals surface area contributed by atoms with E-state index in [9.17, 15) is 4.79 Å². The molecule has 1 aliphatic rings. The first-order chi connectivity index (χ1) is 19.6. The predicted molar refractivity (Wildman–Crippen MR) is 149 cm³/mol. The van der Waals surface area contributed by atoms with Gasteiger partial charge < -0.3 is 29.5 Å². The van der Waals surface area contributed by atoms with Crippen LogP contribution in [0.1, 0.15) is 25.3 Å². The molecule has 1 atom stereocenters. The summed E-state index contributed by atoms with van der Waals surface area (Å²) >= 11 is 0. The summed E-state index contributed by atoms with van der Waals surface area (Å²) in [5.74, 6) is 3.03. The molecule has 1 fully saturated rings. The van der Waals surface area contributed by atoms with Gasteiger partial charge in [-0.3, -0.25) is 9.78 Å². The molecule has 0 aliphatic carbocycles. The van der Waals surface area contributed by atoms with Crippen LogP contribution in [-0.2, 0) is 11.2 Å². The van der Waals surface area contributed by atoms with E-state index in [1.54, 1.807) is 48.9 Å². The normalized spacial score (nSPS) is 14.8. The van der Waals surface area contributed by atoms with Gasteiger partial charge in [0, 0.05) is 18.8 Å². The summed E-state index contributed by atoms with van der Waals surface area (Å²) in [4.78, 5) is 31.0. The SMILES string of the molecule is CCOc1cccnc1OC1CCCN(c2cncc(Nc3cccc(Oc4ccc(CC(=O)O)cc4)n3)n2)C1. The van der Waals surface area contributed by atoms with Crippen molar-refractivity contribution in [3.8, 4) is 23.3 Å². The fourth-order valence-electron chi connectivity index (χ4n) is 4.34. The Morgan fingerprint density at radius 3 is 2.77 bits per heavy atom. The number of hydrogen-bond donors (Lipinski definition) is 2. The van der Waals surface area contributed by atoms with Crippen LogP contribution in [0.2, 0.25) is 0 Å². The molecule has 1 unspecified atom stereocenters. The van der Waals surface area contributed by atoms with Crippen LogP contribution >= 0.6 is 0 Å². The second-order valence-corrected chi connectivity index (χ2v) is 9.13. The number of aliphatic carboxylic acids is 1. The van der Waals surface area contributed by atoms with Gasteiger partial charge in [-0.05, 0) is 55.7 Å². The maximum atomic E-state index is 10.9. The third-order valence-electron chi connectivity index (χ3n) is 6.12. The van der Waals surface area contributed by atoms with E-state index < -0.39 is 5.97 Å². The van der Waals surface area contributed by atoms with Gasteiger partial charge in [-0.1, -0.05) is 18.2 Å². The van der Waals surface area contributed by atoms with Gasteiger partial charge in [-0.2, -0.15) is 4.98 Å². The van der Waals surface area contributed by atoms with Gasteiger partial charge in [-0.25, -0.2) is 9.97 Å². The smallest absolute Gasteiger partial charge is 0.307 e. The molecule has 3 aromatic heterocycles. The summed E-state index contributed by atoms with van der Waals surface area (Å²) in [5.41, 5.74) is 0.695. The molecule has 40 heavy (non-hydrogen) atoms. The topological polar surface area (TPSA) is 132 Å². The largest absolute Gasteiger partial charge is 0.488 e. The lowest BCUT2D eigenvalue weighted by Gasteiger charge is -2.33. The minimum absolute atomic E-state index is 0.0395. The molecule has 0 spiro atoms. The van der Waals surface area contributed by atoms with Gasteiger partial charge in [0.25, 0.3) is 5.88 Å². The Morgan fingerprint density at radius 1 is 1.07 bits per heavy atom. The fourth-order valence-corrected chi connectivity index (χ4v) is 4.34. The highest BCUT2D eigenvalue weighted by Gasteiger charge is 2.24. The van der Waals surface area contributed by atoms with Crippen LogP contribution in [0.25, 0.3) is 0 Å². The van der Waals surface area contributed by atoms with E-state index in [4.69, 9.17) is 24.3 Å². The average molecular weight is 543 g/mol. The molecule has 1 aliphatic heterocycles. The summed E-state index contributed by atoms with van der Waals surface area (Å²) in [6, 6.07) is 15.9. The molecule has 11 heteroatoms. The number of ether oxygens (including phenoxy) is 3. The Hall–Kier alpha value is -4.93. The van der Waals surface area contributed by atoms with E-state index >= 15 is 0 Å². The third-order valence-corrected chi connectivity index (χ3v) is 6.12. The molecule has 2 N–H and O–H groups in total. The van der Waals surface area contributed by atoms with Crippen LogP contribution in [0.4, 0.5) is 17.5 Å². The molecule has 206 valence electrons. The van der Waals surface area contributed by atoms with Crippen LogP contribution in [-0.4, -0.2) is 56.8 Å². The number of anilines is 3. The molecule has 0 saturated carbocycles. The second-order valence-electron chi connectivity index (χ2n) is 9.13. The van der Waals surface area contributed by atoms with E-state index in [0.29, 0.717) is 53.6 Å². The van der Waals surface area contributed by atoms with Gasteiger partial charge in [-0.15, -0.1) is 0 Å². The fraction of sp³-hybridized carbons (Fsp3) is 0.276. The highest BCUT2D eigenvalue weighted by atomic mass is 16.5. The van der Waals surface area contributed by atoms with Gasteiger partial charge >= 0.3 is 5.97 Å². The lowest BCUT2D eigenvalue weighted by Crippen LogP contribution is -2.41. The van der Waals surface area contributed by atoms with Crippen LogP contribution in [0.5, 0.6) is 23.3 Å². The number of aromatic nitrogens is 4. The van der Waals surface area contributed by atoms with Crippen molar-refractivity contribution in [2.75, 3.05) is 29.9 Å². The predicted octanol–water partition coefficient (Wildman–Crippen LogP) is 4.88. The van der Waals surface area contributed by atoms with E-state index in [-0.39, 0.29) is 12.5 Å². The summed E-state index contributed by atoms with van der Waals surface area (Å²) in [7, 11) is 0. The van der Waals surface area contributed by atoms with Crippen molar-refractivity contribution in [3.05, 3.63) is 78.8 Å². The van der Waals surface area contributed by atoms with E-state index in [0.717, 1.165) is 25.2 Å². The molecule has 0 bridgehead atoms. The number of piperidine rings is 1. The van der Waals surface area contributed by atoms with Crippen molar-refractivity contribution in [3.63, 3.8) is 0 Å². The van der Waals surface area contributed by atoms with Gasteiger partial charge in [0.15, 0.2) is 11.6 Å². The van der Waals surface area contributed by atoms with Crippen LogP contribution in [0, 0.1) is 0 Å². The molecule has 5 rings (SSSR count). The zero-order valence-corrected chi connectivity index (χ0v) is 22.1. The van der Waals surface area contributed by atoms with Gasteiger partial charge in [0.05, 0.1) is 32.0 Å². The molecule has 4 aromatic rings. The highest BCUT2D eigenvalue weighted by molar-refractivity contribution is 5.70. The first-order valence-electron chi connectivity index (χ1n) is 13.1. The van der Waals surface area contributed by atoms with E-state index in [1.165, 1.54) is 0 Å². The number of carboxylic acids is 1. The zero-order valence-electron chi connectivity index (χ0n) is 22.1. The lowest BCUT2D eigenvalue weighted by atomic mass is 10.1. The molecular weight excluding hydrogens is 512 g/mol. The monoisotopic (exact) mass is 542 g/mol. The minimum atomic E-state index is -0.879. The number of nitrogens with zero attached hydrogens (tertiary/aromatic N) is 5. The molecular formula is C29H30N6O5. The third kappa shape index (κ3) is 7.13. The van der Waals surface area contributed by atoms with Gasteiger partial charge in [0.1, 0.15) is 23.5 Å². The summed E-state index contributed by atoms with van der Waals surface area (Å²) < 4.78 is 17.7. The highest BCUT2D eigenvalue weighted by Crippen LogP contribution is 2.28. The molecule has 11 nitrogen and oxygen atoms in total. The molecule has 4 heterocycles. The Bertz CT molecular complexity index is 1430. The lowest BCUT2D eigenvalue weighted by molar-refractivity contribution is -0.136. The first-order valence-corrected chi connectivity index (χ1v) is 13.1. The van der Waals surface area contributed by atoms with Crippen molar-refractivity contribution >= 4 is 23.4 Å². The van der Waals surface area contributed by atoms with Gasteiger partial charge in [0.2, 0.25) is 5.88 Å². The van der Waals surface area contributed by atoms with E-state index in [1.807, 2.05) is 31.2 Å². The number of carbonyl (C=O) groups is 1. The molecule has 1 aromatic carbocycles. The zero-order chi connectivity index (χ0) is 27.7. The minimum Gasteiger partial charge on any atom is -0.488 e. The van der Waals surface area contributed by atoms with E-state index in [2.05, 4.69) is 25.2 Å². The molecule has 0 amide bonds. The van der Waals surface area contributed by atoms with Crippen LogP contribution in [0.3, 0.4) is 0 Å². The van der Waals surface area contributed by atoms with Crippen molar-refractivity contribution in [2.24, 2.45) is 0 Å². The van der Waals surface area contributed by atoms with Crippen molar-refractivity contribution in [1.82, 2.24) is 19.9 Å². The van der Waals surface area contributed by atoms with Crippen molar-refractivity contribution in [2.45, 2.75) is 32.3 Å². The first kappa shape index (κ1) is 26.7. The number of benzene rings is 1.